The van der Waals surface area contributed by atoms with E-state index in [0.29, 0.717) is 5.69 Å². The molecule has 0 heterocycles. The zero-order valence-electron chi connectivity index (χ0n) is 12.0. The normalized spacial score (nSPS) is 10.8. The summed E-state index contributed by atoms with van der Waals surface area (Å²) in [5, 5.41) is 3.07. The zero-order chi connectivity index (χ0) is 14.5. The van der Waals surface area contributed by atoms with Gasteiger partial charge in [-0.1, -0.05) is 30.4 Å². The minimum absolute atomic E-state index is 0.206. The minimum atomic E-state index is -0.206. The molecule has 0 aliphatic carbocycles. The van der Waals surface area contributed by atoms with E-state index in [0.717, 1.165) is 16.8 Å². The number of rotatable bonds is 4. The molecule has 0 aliphatic heterocycles. The topological polar surface area (TPSA) is 15.3 Å². The van der Waals surface area contributed by atoms with Crippen molar-refractivity contribution < 1.29 is 4.39 Å². The van der Waals surface area contributed by atoms with Gasteiger partial charge in [0.05, 0.1) is 5.69 Å². The number of hydrogen-bond donors (Lipinski definition) is 1. The predicted molar refractivity (Wildman–Crippen MR) is 85.6 cm³/mol. The van der Waals surface area contributed by atoms with Gasteiger partial charge in [-0.05, 0) is 35.4 Å². The quantitative estimate of drug-likeness (QED) is 0.841. The second kappa shape index (κ2) is 6.24. The molecule has 0 fully saturated rings. The Balaban J connectivity index is 2.16. The highest BCUT2D eigenvalue weighted by Gasteiger charge is 2.03. The lowest BCUT2D eigenvalue weighted by atomic mass is 10.1. The maximum absolute atomic E-state index is 13.8. The van der Waals surface area contributed by atoms with E-state index < -0.39 is 0 Å². The Hall–Kier alpha value is -2.29. The van der Waals surface area contributed by atoms with Gasteiger partial charge in [0.1, 0.15) is 5.82 Å². The third-order valence-corrected chi connectivity index (χ3v) is 3.12. The predicted octanol–water partition coefficient (Wildman–Crippen LogP) is 4.10. The Morgan fingerprint density at radius 1 is 0.950 bits per heavy atom. The number of anilines is 2. The van der Waals surface area contributed by atoms with Crippen LogP contribution in [0.25, 0.3) is 12.2 Å². The molecule has 2 nitrogen and oxygen atoms in total. The number of nitrogens with zero attached hydrogens (tertiary/aromatic N) is 1. The third kappa shape index (κ3) is 3.38. The maximum Gasteiger partial charge on any atom is 0.147 e. The van der Waals surface area contributed by atoms with Crippen LogP contribution in [0.15, 0.2) is 42.5 Å². The van der Waals surface area contributed by atoms with E-state index in [4.69, 9.17) is 0 Å². The van der Waals surface area contributed by atoms with Crippen molar-refractivity contribution in [3.8, 4) is 0 Å². The summed E-state index contributed by atoms with van der Waals surface area (Å²) in [5.41, 5.74) is 3.61. The molecule has 0 aromatic heterocycles. The molecule has 20 heavy (non-hydrogen) atoms. The zero-order valence-corrected chi connectivity index (χ0v) is 12.0. The number of nitrogens with one attached hydrogen (secondary N) is 1. The molecule has 3 heteroatoms. The second-order valence-corrected chi connectivity index (χ2v) is 4.81. The van der Waals surface area contributed by atoms with Crippen LogP contribution in [0, 0.1) is 5.82 Å². The van der Waals surface area contributed by atoms with Crippen LogP contribution in [0.2, 0.25) is 0 Å². The van der Waals surface area contributed by atoms with Crippen molar-refractivity contribution in [1.82, 2.24) is 0 Å². The van der Waals surface area contributed by atoms with Crippen LogP contribution < -0.4 is 10.2 Å². The van der Waals surface area contributed by atoms with Gasteiger partial charge >= 0.3 is 0 Å². The molecule has 0 bridgehead atoms. The van der Waals surface area contributed by atoms with Gasteiger partial charge in [-0.25, -0.2) is 4.39 Å². The molecule has 0 saturated heterocycles. The molecule has 0 aliphatic rings. The van der Waals surface area contributed by atoms with E-state index in [9.17, 15) is 4.39 Å². The lowest BCUT2D eigenvalue weighted by Crippen LogP contribution is -2.10. The summed E-state index contributed by atoms with van der Waals surface area (Å²) < 4.78 is 13.8. The van der Waals surface area contributed by atoms with Crippen LogP contribution >= 0.6 is 0 Å². The summed E-state index contributed by atoms with van der Waals surface area (Å²) in [6.45, 7) is 0. The van der Waals surface area contributed by atoms with Crippen molar-refractivity contribution in [2.24, 2.45) is 0 Å². The van der Waals surface area contributed by atoms with E-state index in [1.54, 1.807) is 17.0 Å². The standard InChI is InChI=1S/C17H19FN2/c1-19-15-9-6-13(7-10-15)4-5-14-8-11-17(20(2)3)16(18)12-14/h4-12,19H,1-3H3/b5-4+. The molecule has 0 spiro atoms. The fourth-order valence-electron chi connectivity index (χ4n) is 1.94. The molecule has 104 valence electrons. The average Bonchev–Trinajstić information content (AvgIpc) is 2.45. The van der Waals surface area contributed by atoms with Gasteiger partial charge in [0.25, 0.3) is 0 Å². The van der Waals surface area contributed by atoms with Crippen molar-refractivity contribution in [2.75, 3.05) is 31.4 Å². The lowest BCUT2D eigenvalue weighted by Gasteiger charge is -2.13. The van der Waals surface area contributed by atoms with Crippen LogP contribution in [-0.4, -0.2) is 21.1 Å². The highest BCUT2D eigenvalue weighted by atomic mass is 19.1. The molecule has 2 aromatic carbocycles. The number of hydrogen-bond acceptors (Lipinski definition) is 2. The van der Waals surface area contributed by atoms with Crippen LogP contribution in [0.5, 0.6) is 0 Å². The van der Waals surface area contributed by atoms with Gasteiger partial charge < -0.3 is 10.2 Å². The molecule has 0 radical (unpaired) electrons. The van der Waals surface area contributed by atoms with Gasteiger partial charge in [0.15, 0.2) is 0 Å². The lowest BCUT2D eigenvalue weighted by molar-refractivity contribution is 0.626. The smallest absolute Gasteiger partial charge is 0.147 e. The van der Waals surface area contributed by atoms with Crippen LogP contribution in [0.3, 0.4) is 0 Å². The first-order chi connectivity index (χ1) is 9.60. The largest absolute Gasteiger partial charge is 0.388 e. The van der Waals surface area contributed by atoms with Gasteiger partial charge in [0, 0.05) is 26.8 Å². The third-order valence-electron chi connectivity index (χ3n) is 3.12. The van der Waals surface area contributed by atoms with Crippen LogP contribution in [0.4, 0.5) is 15.8 Å². The van der Waals surface area contributed by atoms with E-state index in [-0.39, 0.29) is 5.82 Å². The molecule has 2 aromatic rings. The van der Waals surface area contributed by atoms with Crippen LogP contribution in [-0.2, 0) is 0 Å². The van der Waals surface area contributed by atoms with Gasteiger partial charge in [-0.15, -0.1) is 0 Å². The number of benzene rings is 2. The fraction of sp³-hybridized carbons (Fsp3) is 0.176. The van der Waals surface area contributed by atoms with Crippen molar-refractivity contribution in [3.63, 3.8) is 0 Å². The highest BCUT2D eigenvalue weighted by molar-refractivity contribution is 5.71. The van der Waals surface area contributed by atoms with Gasteiger partial charge in [-0.2, -0.15) is 0 Å². The Labute approximate surface area is 119 Å². The van der Waals surface area contributed by atoms with Gasteiger partial charge in [-0.3, -0.25) is 0 Å². The fourth-order valence-corrected chi connectivity index (χ4v) is 1.94. The number of halogens is 1. The molecule has 0 saturated carbocycles. The monoisotopic (exact) mass is 270 g/mol. The Morgan fingerprint density at radius 2 is 1.55 bits per heavy atom. The summed E-state index contributed by atoms with van der Waals surface area (Å²) >= 11 is 0. The van der Waals surface area contributed by atoms with Crippen LogP contribution in [0.1, 0.15) is 11.1 Å². The summed E-state index contributed by atoms with van der Waals surface area (Å²) in [6.07, 6.45) is 3.89. The van der Waals surface area contributed by atoms with E-state index in [1.807, 2.05) is 63.6 Å². The van der Waals surface area contributed by atoms with E-state index in [2.05, 4.69) is 5.32 Å². The summed E-state index contributed by atoms with van der Waals surface area (Å²) in [6, 6.07) is 13.3. The first-order valence-electron chi connectivity index (χ1n) is 6.53. The Kier molecular flexibility index (Phi) is 4.41. The van der Waals surface area contributed by atoms with Crippen molar-refractivity contribution in [2.45, 2.75) is 0 Å². The molecule has 0 unspecified atom stereocenters. The maximum atomic E-state index is 13.8. The van der Waals surface area contributed by atoms with Crippen molar-refractivity contribution in [1.29, 1.82) is 0 Å². The molecule has 0 amide bonds. The highest BCUT2D eigenvalue weighted by Crippen LogP contribution is 2.20. The Bertz CT molecular complexity index is 601. The summed E-state index contributed by atoms with van der Waals surface area (Å²) in [7, 11) is 5.55. The van der Waals surface area contributed by atoms with Crippen molar-refractivity contribution >= 4 is 23.5 Å². The first kappa shape index (κ1) is 14.1. The van der Waals surface area contributed by atoms with E-state index in [1.165, 1.54) is 0 Å². The second-order valence-electron chi connectivity index (χ2n) is 4.81. The SMILES string of the molecule is CNc1ccc(/C=C/c2ccc(N(C)C)c(F)c2)cc1. The molecular weight excluding hydrogens is 251 g/mol. The summed E-state index contributed by atoms with van der Waals surface area (Å²) in [4.78, 5) is 1.76. The minimum Gasteiger partial charge on any atom is -0.388 e. The van der Waals surface area contributed by atoms with E-state index >= 15 is 0 Å². The average molecular weight is 270 g/mol. The summed E-state index contributed by atoms with van der Waals surface area (Å²) in [5.74, 6) is -0.206. The Morgan fingerprint density at radius 3 is 2.10 bits per heavy atom. The molecular formula is C17H19FN2. The van der Waals surface area contributed by atoms with Gasteiger partial charge in [0.2, 0.25) is 0 Å². The molecule has 2 rings (SSSR count). The molecule has 1 N–H and O–H groups in total. The van der Waals surface area contributed by atoms with Crippen molar-refractivity contribution in [3.05, 3.63) is 59.4 Å². The molecule has 0 atom stereocenters. The first-order valence-corrected chi connectivity index (χ1v) is 6.53.